The highest BCUT2D eigenvalue weighted by Gasteiger charge is 2.15. The van der Waals surface area contributed by atoms with Crippen LogP contribution in [0.5, 0.6) is 0 Å². The largest absolute Gasteiger partial charge is 0.357 e. The molecule has 0 radical (unpaired) electrons. The molecule has 1 unspecified atom stereocenters. The molecule has 0 aliphatic carbocycles. The third-order valence-electron chi connectivity index (χ3n) is 2.13. The fourth-order valence-electron chi connectivity index (χ4n) is 0.978. The number of aromatic nitrogens is 2. The van der Waals surface area contributed by atoms with Crippen molar-refractivity contribution in [1.29, 1.82) is 0 Å². The van der Waals surface area contributed by atoms with Crippen molar-refractivity contribution in [2.75, 3.05) is 25.2 Å². The molecule has 6 nitrogen and oxygen atoms in total. The van der Waals surface area contributed by atoms with Crippen LogP contribution in [0.2, 0.25) is 0 Å². The minimum absolute atomic E-state index is 0.0739. The number of rotatable bonds is 6. The molecular formula is C9H16N4O2S2. The SMILES string of the molecule is CNc1ncc(S(=O)(=O)NCC(C)SC)cn1. The van der Waals surface area contributed by atoms with E-state index in [0.29, 0.717) is 12.5 Å². The van der Waals surface area contributed by atoms with Gasteiger partial charge in [0.15, 0.2) is 0 Å². The van der Waals surface area contributed by atoms with Crippen LogP contribution in [0, 0.1) is 0 Å². The zero-order valence-corrected chi connectivity index (χ0v) is 11.6. The molecule has 2 N–H and O–H groups in total. The lowest BCUT2D eigenvalue weighted by Crippen LogP contribution is -2.29. The number of nitrogens with zero attached hydrogens (tertiary/aromatic N) is 2. The van der Waals surface area contributed by atoms with Crippen molar-refractivity contribution in [3.05, 3.63) is 12.4 Å². The lowest BCUT2D eigenvalue weighted by molar-refractivity contribution is 0.580. The number of sulfonamides is 1. The molecule has 0 bridgehead atoms. The van der Waals surface area contributed by atoms with E-state index in [0.717, 1.165) is 0 Å². The van der Waals surface area contributed by atoms with E-state index in [1.165, 1.54) is 12.4 Å². The van der Waals surface area contributed by atoms with Gasteiger partial charge in [-0.25, -0.2) is 23.1 Å². The summed E-state index contributed by atoms with van der Waals surface area (Å²) in [6.45, 7) is 2.34. The first kappa shape index (κ1) is 14.2. The number of anilines is 1. The first-order valence-electron chi connectivity index (χ1n) is 5.02. The first-order valence-corrected chi connectivity index (χ1v) is 7.79. The summed E-state index contributed by atoms with van der Waals surface area (Å²) in [4.78, 5) is 7.80. The fraction of sp³-hybridized carbons (Fsp3) is 0.556. The summed E-state index contributed by atoms with van der Waals surface area (Å²) in [6.07, 6.45) is 4.50. The van der Waals surface area contributed by atoms with E-state index in [1.54, 1.807) is 18.8 Å². The van der Waals surface area contributed by atoms with E-state index in [9.17, 15) is 8.42 Å². The molecule has 0 amide bonds. The van der Waals surface area contributed by atoms with Crippen LogP contribution in [0.3, 0.4) is 0 Å². The number of nitrogens with one attached hydrogen (secondary N) is 2. The van der Waals surface area contributed by atoms with Crippen LogP contribution in [-0.2, 0) is 10.0 Å². The van der Waals surface area contributed by atoms with Gasteiger partial charge in [0.1, 0.15) is 4.90 Å². The van der Waals surface area contributed by atoms with Crippen LogP contribution >= 0.6 is 11.8 Å². The fourth-order valence-corrected chi connectivity index (χ4v) is 2.35. The second kappa shape index (κ2) is 6.18. The van der Waals surface area contributed by atoms with E-state index in [4.69, 9.17) is 0 Å². The van der Waals surface area contributed by atoms with Crippen molar-refractivity contribution in [1.82, 2.24) is 14.7 Å². The Labute approximate surface area is 106 Å². The van der Waals surface area contributed by atoms with Crippen molar-refractivity contribution in [2.45, 2.75) is 17.1 Å². The molecule has 96 valence electrons. The third-order valence-corrected chi connectivity index (χ3v) is 4.47. The van der Waals surface area contributed by atoms with Crippen molar-refractivity contribution in [3.63, 3.8) is 0 Å². The van der Waals surface area contributed by atoms with Gasteiger partial charge in [0.2, 0.25) is 16.0 Å². The summed E-state index contributed by atoms with van der Waals surface area (Å²) in [5.41, 5.74) is 0. The van der Waals surface area contributed by atoms with Crippen LogP contribution in [-0.4, -0.2) is 43.5 Å². The topological polar surface area (TPSA) is 84.0 Å². The van der Waals surface area contributed by atoms with Gasteiger partial charge in [0.25, 0.3) is 0 Å². The maximum atomic E-state index is 11.8. The predicted molar refractivity (Wildman–Crippen MR) is 69.7 cm³/mol. The quantitative estimate of drug-likeness (QED) is 0.789. The van der Waals surface area contributed by atoms with Gasteiger partial charge in [-0.15, -0.1) is 0 Å². The van der Waals surface area contributed by atoms with Crippen LogP contribution < -0.4 is 10.0 Å². The van der Waals surface area contributed by atoms with Crippen molar-refractivity contribution >= 4 is 27.7 Å². The zero-order valence-electron chi connectivity index (χ0n) is 9.97. The number of hydrogen-bond donors (Lipinski definition) is 2. The van der Waals surface area contributed by atoms with E-state index in [2.05, 4.69) is 20.0 Å². The average molecular weight is 276 g/mol. The van der Waals surface area contributed by atoms with Gasteiger partial charge in [-0.05, 0) is 6.26 Å². The highest BCUT2D eigenvalue weighted by Crippen LogP contribution is 2.09. The van der Waals surface area contributed by atoms with Crippen LogP contribution in [0.25, 0.3) is 0 Å². The van der Waals surface area contributed by atoms with Gasteiger partial charge in [0.05, 0.1) is 12.4 Å². The zero-order chi connectivity index (χ0) is 12.9. The van der Waals surface area contributed by atoms with Crippen LogP contribution in [0.15, 0.2) is 17.3 Å². The second-order valence-electron chi connectivity index (χ2n) is 3.39. The molecule has 1 aromatic rings. The maximum absolute atomic E-state index is 11.8. The van der Waals surface area contributed by atoms with E-state index < -0.39 is 10.0 Å². The molecule has 0 aliphatic heterocycles. The summed E-state index contributed by atoms with van der Waals surface area (Å²) >= 11 is 1.60. The van der Waals surface area contributed by atoms with Crippen LogP contribution in [0.4, 0.5) is 5.95 Å². The summed E-state index contributed by atoms with van der Waals surface area (Å²) in [6, 6.07) is 0. The standard InChI is InChI=1S/C9H16N4O2S2/c1-7(16-3)4-13-17(14,15)8-5-11-9(10-2)12-6-8/h5-7,13H,4H2,1-3H3,(H,10,11,12). The Balaban J connectivity index is 2.75. The Morgan fingerprint density at radius 3 is 2.47 bits per heavy atom. The highest BCUT2D eigenvalue weighted by atomic mass is 32.2. The lowest BCUT2D eigenvalue weighted by Gasteiger charge is -2.10. The molecule has 8 heteroatoms. The van der Waals surface area contributed by atoms with Gasteiger partial charge in [-0.2, -0.15) is 11.8 Å². The van der Waals surface area contributed by atoms with E-state index >= 15 is 0 Å². The normalized spacial score (nSPS) is 13.4. The summed E-state index contributed by atoms with van der Waals surface area (Å²) in [7, 11) is -1.84. The monoisotopic (exact) mass is 276 g/mol. The molecule has 0 aliphatic rings. The van der Waals surface area contributed by atoms with E-state index in [-0.39, 0.29) is 10.1 Å². The Kier molecular flexibility index (Phi) is 5.16. The maximum Gasteiger partial charge on any atom is 0.243 e. The molecule has 0 saturated carbocycles. The molecular weight excluding hydrogens is 260 g/mol. The highest BCUT2D eigenvalue weighted by molar-refractivity contribution is 7.99. The van der Waals surface area contributed by atoms with E-state index in [1.807, 2.05) is 13.2 Å². The Morgan fingerprint density at radius 2 is 2.00 bits per heavy atom. The lowest BCUT2D eigenvalue weighted by atomic mass is 10.5. The Morgan fingerprint density at radius 1 is 1.41 bits per heavy atom. The van der Waals surface area contributed by atoms with Gasteiger partial charge in [0, 0.05) is 18.8 Å². The molecule has 1 atom stereocenters. The molecule has 0 spiro atoms. The average Bonchev–Trinajstić information content (AvgIpc) is 2.36. The molecule has 0 aromatic carbocycles. The molecule has 0 saturated heterocycles. The van der Waals surface area contributed by atoms with Gasteiger partial charge in [-0.1, -0.05) is 6.92 Å². The van der Waals surface area contributed by atoms with Gasteiger partial charge >= 0.3 is 0 Å². The number of hydrogen-bond acceptors (Lipinski definition) is 6. The minimum atomic E-state index is -3.51. The van der Waals surface area contributed by atoms with Gasteiger partial charge < -0.3 is 5.32 Å². The smallest absolute Gasteiger partial charge is 0.243 e. The summed E-state index contributed by atoms with van der Waals surface area (Å²) in [5, 5.41) is 2.95. The number of thioether (sulfide) groups is 1. The van der Waals surface area contributed by atoms with Gasteiger partial charge in [-0.3, -0.25) is 0 Å². The third kappa shape index (κ3) is 4.14. The van der Waals surface area contributed by atoms with Crippen molar-refractivity contribution in [3.8, 4) is 0 Å². The van der Waals surface area contributed by atoms with Crippen LogP contribution in [0.1, 0.15) is 6.92 Å². The molecule has 1 aromatic heterocycles. The predicted octanol–water partition coefficient (Wildman–Crippen LogP) is 0.548. The summed E-state index contributed by atoms with van der Waals surface area (Å²) in [5.74, 6) is 0.390. The molecule has 17 heavy (non-hydrogen) atoms. The minimum Gasteiger partial charge on any atom is -0.357 e. The molecule has 1 rings (SSSR count). The first-order chi connectivity index (χ1) is 7.99. The molecule has 1 heterocycles. The second-order valence-corrected chi connectivity index (χ2v) is 6.43. The summed E-state index contributed by atoms with van der Waals surface area (Å²) < 4.78 is 26.2. The molecule has 0 fully saturated rings. The van der Waals surface area contributed by atoms with Crippen molar-refractivity contribution in [2.24, 2.45) is 0 Å². The Hall–Kier alpha value is -0.860. The van der Waals surface area contributed by atoms with Crippen molar-refractivity contribution < 1.29 is 8.42 Å². The Bertz CT molecular complexity index is 447.